The Balaban J connectivity index is 1.79. The molecule has 0 spiro atoms. The van der Waals surface area contributed by atoms with Crippen LogP contribution >= 0.6 is 11.6 Å². The highest BCUT2D eigenvalue weighted by Crippen LogP contribution is 2.29. The van der Waals surface area contributed by atoms with E-state index in [0.29, 0.717) is 17.1 Å². The van der Waals surface area contributed by atoms with Crippen molar-refractivity contribution in [3.63, 3.8) is 0 Å². The molecule has 2 unspecified atom stereocenters. The van der Waals surface area contributed by atoms with Gasteiger partial charge in [-0.2, -0.15) is 0 Å². The molecule has 0 saturated heterocycles. The minimum absolute atomic E-state index is 0.506. The topological polar surface area (TPSA) is 37.8 Å². The molecular weight excluding hydrogens is 258 g/mol. The lowest BCUT2D eigenvalue weighted by Crippen LogP contribution is -2.31. The number of fused-ring (bicyclic) bond motifs is 1. The van der Waals surface area contributed by atoms with Gasteiger partial charge in [-0.25, -0.2) is 9.97 Å². The third-order valence-corrected chi connectivity index (χ3v) is 4.87. The second-order valence-electron chi connectivity index (χ2n) is 5.98. The molecule has 0 radical (unpaired) electrons. The summed E-state index contributed by atoms with van der Waals surface area (Å²) in [6.45, 7) is 2.32. The summed E-state index contributed by atoms with van der Waals surface area (Å²) >= 11 is 6.31. The fraction of sp³-hybridized carbons (Fsp3) is 0.733. The molecule has 1 aromatic rings. The van der Waals surface area contributed by atoms with Gasteiger partial charge in [0.15, 0.2) is 0 Å². The van der Waals surface area contributed by atoms with Crippen LogP contribution in [0, 0.1) is 5.92 Å². The molecule has 0 aromatic carbocycles. The zero-order chi connectivity index (χ0) is 13.2. The van der Waals surface area contributed by atoms with Crippen molar-refractivity contribution >= 4 is 17.5 Å². The predicted molar refractivity (Wildman–Crippen MR) is 78.7 cm³/mol. The van der Waals surface area contributed by atoms with Crippen molar-refractivity contribution in [2.24, 2.45) is 5.92 Å². The van der Waals surface area contributed by atoms with E-state index in [1.165, 1.54) is 44.1 Å². The van der Waals surface area contributed by atoms with E-state index >= 15 is 0 Å². The van der Waals surface area contributed by atoms with E-state index in [1.807, 2.05) is 0 Å². The first-order chi connectivity index (χ1) is 9.24. The van der Waals surface area contributed by atoms with Gasteiger partial charge in [0, 0.05) is 11.6 Å². The molecule has 0 bridgehead atoms. The number of anilines is 1. The minimum Gasteiger partial charge on any atom is -0.351 e. The maximum atomic E-state index is 6.31. The van der Waals surface area contributed by atoms with Crippen LogP contribution in [-0.4, -0.2) is 16.0 Å². The van der Waals surface area contributed by atoms with Crippen LogP contribution < -0.4 is 5.32 Å². The molecule has 3 nitrogen and oxygen atoms in total. The second-order valence-corrected chi connectivity index (χ2v) is 6.34. The van der Waals surface area contributed by atoms with Crippen molar-refractivity contribution in [1.29, 1.82) is 0 Å². The van der Waals surface area contributed by atoms with Crippen molar-refractivity contribution in [3.8, 4) is 0 Å². The van der Waals surface area contributed by atoms with Crippen molar-refractivity contribution < 1.29 is 0 Å². The van der Waals surface area contributed by atoms with Gasteiger partial charge in [0.25, 0.3) is 0 Å². The van der Waals surface area contributed by atoms with Crippen LogP contribution in [0.5, 0.6) is 0 Å². The molecule has 19 heavy (non-hydrogen) atoms. The van der Waals surface area contributed by atoms with Gasteiger partial charge < -0.3 is 5.32 Å². The molecule has 3 rings (SSSR count). The Morgan fingerprint density at radius 1 is 1.05 bits per heavy atom. The quantitative estimate of drug-likeness (QED) is 0.832. The fourth-order valence-corrected chi connectivity index (χ4v) is 3.59. The monoisotopic (exact) mass is 279 g/mol. The highest BCUT2D eigenvalue weighted by molar-refractivity contribution is 6.30. The molecule has 1 saturated carbocycles. The van der Waals surface area contributed by atoms with E-state index < -0.39 is 0 Å². The summed E-state index contributed by atoms with van der Waals surface area (Å²) in [6, 6.07) is 0.506. The number of hydrogen-bond acceptors (Lipinski definition) is 3. The number of rotatable bonds is 2. The molecule has 2 atom stereocenters. The van der Waals surface area contributed by atoms with Gasteiger partial charge in [0.05, 0.1) is 5.69 Å². The number of aromatic nitrogens is 2. The van der Waals surface area contributed by atoms with Gasteiger partial charge in [-0.15, -0.1) is 0 Å². The number of halogens is 1. The predicted octanol–water partition coefficient (Wildman–Crippen LogP) is 4.00. The molecule has 1 N–H and O–H groups in total. The maximum Gasteiger partial charge on any atom is 0.224 e. The Kier molecular flexibility index (Phi) is 3.92. The average Bonchev–Trinajstić information content (AvgIpc) is 2.42. The Labute approximate surface area is 120 Å². The molecular formula is C15H22ClN3. The molecule has 1 aromatic heterocycles. The first kappa shape index (κ1) is 13.2. The zero-order valence-corrected chi connectivity index (χ0v) is 12.3. The summed E-state index contributed by atoms with van der Waals surface area (Å²) in [6.07, 6.45) is 9.70. The van der Waals surface area contributed by atoms with Crippen LogP contribution in [0.3, 0.4) is 0 Å². The molecule has 4 heteroatoms. The largest absolute Gasteiger partial charge is 0.351 e. The number of hydrogen-bond donors (Lipinski definition) is 1. The second kappa shape index (κ2) is 5.66. The molecule has 104 valence electrons. The van der Waals surface area contributed by atoms with Crippen LogP contribution in [0.2, 0.25) is 5.15 Å². The van der Waals surface area contributed by atoms with Crippen molar-refractivity contribution in [1.82, 2.24) is 9.97 Å². The van der Waals surface area contributed by atoms with Gasteiger partial charge in [-0.05, 0) is 44.4 Å². The van der Waals surface area contributed by atoms with Gasteiger partial charge in [0.1, 0.15) is 5.15 Å². The van der Waals surface area contributed by atoms with E-state index in [-0.39, 0.29) is 0 Å². The zero-order valence-electron chi connectivity index (χ0n) is 11.6. The van der Waals surface area contributed by atoms with Crippen LogP contribution in [0.25, 0.3) is 0 Å². The lowest BCUT2D eigenvalue weighted by molar-refractivity contribution is 0.348. The Morgan fingerprint density at radius 3 is 2.68 bits per heavy atom. The first-order valence-electron chi connectivity index (χ1n) is 7.56. The highest BCUT2D eigenvalue weighted by Gasteiger charge is 2.23. The van der Waals surface area contributed by atoms with Crippen molar-refractivity contribution in [2.75, 3.05) is 5.32 Å². The first-order valence-corrected chi connectivity index (χ1v) is 7.93. The third-order valence-electron chi connectivity index (χ3n) is 4.56. The van der Waals surface area contributed by atoms with E-state index in [4.69, 9.17) is 16.6 Å². The third kappa shape index (κ3) is 2.86. The van der Waals surface area contributed by atoms with Crippen LogP contribution in [0.15, 0.2) is 0 Å². The average molecular weight is 280 g/mol. The fourth-order valence-electron chi connectivity index (χ4n) is 3.31. The van der Waals surface area contributed by atoms with Crippen molar-refractivity contribution in [3.05, 3.63) is 16.4 Å². The molecule has 1 heterocycles. The highest BCUT2D eigenvalue weighted by atomic mass is 35.5. The van der Waals surface area contributed by atoms with Crippen LogP contribution in [-0.2, 0) is 12.8 Å². The lowest BCUT2D eigenvalue weighted by Gasteiger charge is -2.30. The summed E-state index contributed by atoms with van der Waals surface area (Å²) in [5, 5.41) is 4.18. The van der Waals surface area contributed by atoms with E-state index in [9.17, 15) is 0 Å². The minimum atomic E-state index is 0.506. The Bertz CT molecular complexity index is 461. The maximum absolute atomic E-state index is 6.31. The van der Waals surface area contributed by atoms with Crippen LogP contribution in [0.1, 0.15) is 56.7 Å². The van der Waals surface area contributed by atoms with Gasteiger partial charge in [0.2, 0.25) is 5.95 Å². The van der Waals surface area contributed by atoms with Gasteiger partial charge in [-0.1, -0.05) is 31.4 Å². The summed E-state index contributed by atoms with van der Waals surface area (Å²) < 4.78 is 0. The summed E-state index contributed by atoms with van der Waals surface area (Å²) in [5.41, 5.74) is 2.34. The van der Waals surface area contributed by atoms with Crippen LogP contribution in [0.4, 0.5) is 5.95 Å². The smallest absolute Gasteiger partial charge is 0.224 e. The van der Waals surface area contributed by atoms with E-state index in [1.54, 1.807) is 0 Å². The molecule has 2 aliphatic rings. The van der Waals surface area contributed by atoms with Crippen molar-refractivity contribution in [2.45, 2.75) is 64.3 Å². The number of aryl methyl sites for hydroxylation is 1. The molecule has 2 aliphatic carbocycles. The summed E-state index contributed by atoms with van der Waals surface area (Å²) in [7, 11) is 0. The Morgan fingerprint density at radius 2 is 1.84 bits per heavy atom. The standard InChI is InChI=1S/C15H22ClN3/c1-10-6-2-4-8-12(10)17-15-18-13-9-5-3-7-11(13)14(16)19-15/h10,12H,2-9H2,1H3,(H,17,18,19). The van der Waals surface area contributed by atoms with E-state index in [0.717, 1.165) is 24.5 Å². The van der Waals surface area contributed by atoms with E-state index in [2.05, 4.69) is 17.2 Å². The SMILES string of the molecule is CC1CCCCC1Nc1nc(Cl)c2c(n1)CCCC2. The summed E-state index contributed by atoms with van der Waals surface area (Å²) in [5.74, 6) is 1.44. The van der Waals surface area contributed by atoms with Gasteiger partial charge in [-0.3, -0.25) is 0 Å². The normalized spacial score (nSPS) is 26.8. The molecule has 0 aliphatic heterocycles. The number of nitrogens with one attached hydrogen (secondary N) is 1. The summed E-state index contributed by atoms with van der Waals surface area (Å²) in [4.78, 5) is 9.15. The Hall–Kier alpha value is -0.830. The number of nitrogens with zero attached hydrogens (tertiary/aromatic N) is 2. The molecule has 0 amide bonds. The lowest BCUT2D eigenvalue weighted by atomic mass is 9.86. The molecule has 1 fully saturated rings. The van der Waals surface area contributed by atoms with Gasteiger partial charge >= 0.3 is 0 Å².